The summed E-state index contributed by atoms with van der Waals surface area (Å²) in [5, 5.41) is 12.5. The molecule has 0 spiro atoms. The number of benzene rings is 3. The first kappa shape index (κ1) is 28.6. The average Bonchev–Trinajstić information content (AvgIpc) is 3.48. The monoisotopic (exact) mass is 575 g/mol. The van der Waals surface area contributed by atoms with Gasteiger partial charge in [0.05, 0.1) is 18.5 Å². The molecule has 2 heterocycles. The van der Waals surface area contributed by atoms with Crippen molar-refractivity contribution in [3.63, 3.8) is 0 Å². The summed E-state index contributed by atoms with van der Waals surface area (Å²) in [6.45, 7) is 9.33. The highest BCUT2D eigenvalue weighted by Gasteiger charge is 2.15. The molecule has 1 aliphatic rings. The molecule has 5 rings (SSSR count). The van der Waals surface area contributed by atoms with E-state index in [0.29, 0.717) is 45.9 Å². The first-order chi connectivity index (χ1) is 19.8. The largest absolute Gasteiger partial charge is 0.493 e. The number of aromatic nitrogens is 3. The minimum atomic E-state index is -0.305. The highest BCUT2D eigenvalue weighted by atomic mass is 35.5. The topological polar surface area (TPSA) is 98.7 Å². The molecular formula is C31H34ClN5O4. The molecule has 1 N–H and O–H groups in total. The summed E-state index contributed by atoms with van der Waals surface area (Å²) in [5.74, 6) is 1.57. The summed E-state index contributed by atoms with van der Waals surface area (Å²) < 4.78 is 17.0. The van der Waals surface area contributed by atoms with Crippen LogP contribution in [0.3, 0.4) is 0 Å². The standard InChI is InChI=1S/C31H34ClN5O4/c1-19(2)30(38)41-23-8-9-25(32)24(18-23)21-15-20(3)29-26(16-21)35-36-31(34-29)33-22-7-10-27(28(17-22)39-4)40-14-13-37-11-5-6-12-37/h7-10,15-19H,5-6,11-14H2,1-4H3,(H,33,34,36). The van der Waals surface area contributed by atoms with Crippen LogP contribution in [-0.2, 0) is 4.79 Å². The zero-order valence-electron chi connectivity index (χ0n) is 23.7. The molecule has 0 saturated carbocycles. The molecule has 0 radical (unpaired) electrons. The molecule has 1 aromatic heterocycles. The molecule has 0 atom stereocenters. The Morgan fingerprint density at radius 1 is 1.05 bits per heavy atom. The van der Waals surface area contributed by atoms with Crippen LogP contribution in [0.15, 0.2) is 48.5 Å². The normalized spacial score (nSPS) is 13.5. The molecule has 0 bridgehead atoms. The van der Waals surface area contributed by atoms with E-state index in [0.717, 1.165) is 42.0 Å². The van der Waals surface area contributed by atoms with Gasteiger partial charge in [0, 0.05) is 28.9 Å². The number of ether oxygens (including phenoxy) is 3. The molecule has 1 fully saturated rings. The van der Waals surface area contributed by atoms with Crippen LogP contribution in [0, 0.1) is 12.8 Å². The number of rotatable bonds is 10. The van der Waals surface area contributed by atoms with Crippen molar-refractivity contribution in [2.75, 3.05) is 38.7 Å². The van der Waals surface area contributed by atoms with Gasteiger partial charge in [0.15, 0.2) is 11.5 Å². The fourth-order valence-corrected chi connectivity index (χ4v) is 4.95. The van der Waals surface area contributed by atoms with Gasteiger partial charge in [0.1, 0.15) is 17.9 Å². The number of halogens is 1. The number of nitrogens with one attached hydrogen (secondary N) is 1. The maximum Gasteiger partial charge on any atom is 0.313 e. The molecule has 1 aliphatic heterocycles. The van der Waals surface area contributed by atoms with E-state index in [1.807, 2.05) is 37.3 Å². The van der Waals surface area contributed by atoms with E-state index < -0.39 is 0 Å². The third-order valence-electron chi connectivity index (χ3n) is 6.97. The van der Waals surface area contributed by atoms with Gasteiger partial charge < -0.3 is 19.5 Å². The van der Waals surface area contributed by atoms with Crippen LogP contribution in [0.4, 0.5) is 11.6 Å². The Morgan fingerprint density at radius 3 is 2.61 bits per heavy atom. The minimum absolute atomic E-state index is 0.238. The van der Waals surface area contributed by atoms with E-state index in [9.17, 15) is 4.79 Å². The molecule has 1 saturated heterocycles. The van der Waals surface area contributed by atoms with Crippen LogP contribution in [0.5, 0.6) is 17.2 Å². The molecule has 10 heteroatoms. The molecule has 9 nitrogen and oxygen atoms in total. The molecule has 4 aromatic rings. The van der Waals surface area contributed by atoms with Gasteiger partial charge in [-0.2, -0.15) is 0 Å². The lowest BCUT2D eigenvalue weighted by molar-refractivity contribution is -0.137. The average molecular weight is 576 g/mol. The molecule has 0 unspecified atom stereocenters. The number of esters is 1. The van der Waals surface area contributed by atoms with E-state index in [2.05, 4.69) is 20.4 Å². The summed E-state index contributed by atoms with van der Waals surface area (Å²) in [5.41, 5.74) is 4.53. The van der Waals surface area contributed by atoms with Crippen molar-refractivity contribution in [1.82, 2.24) is 20.1 Å². The molecule has 214 valence electrons. The van der Waals surface area contributed by atoms with E-state index >= 15 is 0 Å². The fourth-order valence-electron chi connectivity index (χ4n) is 4.73. The van der Waals surface area contributed by atoms with Gasteiger partial charge in [0.2, 0.25) is 5.95 Å². The third-order valence-corrected chi connectivity index (χ3v) is 7.30. The zero-order chi connectivity index (χ0) is 28.9. The molecule has 0 amide bonds. The Kier molecular flexibility index (Phi) is 8.85. The number of hydrogen-bond donors (Lipinski definition) is 1. The summed E-state index contributed by atoms with van der Waals surface area (Å²) in [6.07, 6.45) is 2.52. The SMILES string of the molecule is COc1cc(Nc2nnc3cc(-c4cc(OC(=O)C(C)C)ccc4Cl)cc(C)c3n2)ccc1OCCN1CCCC1. The first-order valence-corrected chi connectivity index (χ1v) is 14.2. The first-order valence-electron chi connectivity index (χ1n) is 13.8. The predicted molar refractivity (Wildman–Crippen MR) is 160 cm³/mol. The Labute approximate surface area is 244 Å². The lowest BCUT2D eigenvalue weighted by atomic mass is 10.0. The summed E-state index contributed by atoms with van der Waals surface area (Å²) in [6, 6.07) is 14.6. The Balaban J connectivity index is 1.33. The van der Waals surface area contributed by atoms with Gasteiger partial charge in [-0.1, -0.05) is 25.4 Å². The van der Waals surface area contributed by atoms with Crippen molar-refractivity contribution >= 4 is 40.2 Å². The van der Waals surface area contributed by atoms with Crippen molar-refractivity contribution in [3.8, 4) is 28.4 Å². The smallest absolute Gasteiger partial charge is 0.313 e. The Bertz CT molecular complexity index is 1560. The van der Waals surface area contributed by atoms with E-state index in [-0.39, 0.29) is 11.9 Å². The fraction of sp³-hybridized carbons (Fsp3) is 0.355. The second-order valence-electron chi connectivity index (χ2n) is 10.4. The predicted octanol–water partition coefficient (Wildman–Crippen LogP) is 6.44. The number of carbonyl (C=O) groups excluding carboxylic acids is 1. The number of fused-ring (bicyclic) bond motifs is 1. The van der Waals surface area contributed by atoms with E-state index in [1.165, 1.54) is 12.8 Å². The number of nitrogens with zero attached hydrogens (tertiary/aromatic N) is 4. The summed E-state index contributed by atoms with van der Waals surface area (Å²) >= 11 is 6.52. The second kappa shape index (κ2) is 12.7. The number of methoxy groups -OCH3 is 1. The maximum absolute atomic E-state index is 12.1. The quantitative estimate of drug-likeness (QED) is 0.169. The van der Waals surface area contributed by atoms with Crippen LogP contribution in [0.25, 0.3) is 22.2 Å². The van der Waals surface area contributed by atoms with Crippen molar-refractivity contribution in [2.45, 2.75) is 33.6 Å². The summed E-state index contributed by atoms with van der Waals surface area (Å²) in [4.78, 5) is 19.2. The molecule has 3 aromatic carbocycles. The Hall–Kier alpha value is -3.95. The van der Waals surface area contributed by atoms with Gasteiger partial charge in [-0.3, -0.25) is 9.69 Å². The third kappa shape index (κ3) is 6.86. The van der Waals surface area contributed by atoms with Crippen LogP contribution < -0.4 is 19.5 Å². The van der Waals surface area contributed by atoms with Gasteiger partial charge >= 0.3 is 5.97 Å². The van der Waals surface area contributed by atoms with Crippen LogP contribution in [0.2, 0.25) is 5.02 Å². The highest BCUT2D eigenvalue weighted by Crippen LogP contribution is 2.35. The van der Waals surface area contributed by atoms with Crippen molar-refractivity contribution in [2.24, 2.45) is 5.92 Å². The summed E-state index contributed by atoms with van der Waals surface area (Å²) in [7, 11) is 1.62. The lowest BCUT2D eigenvalue weighted by Gasteiger charge is -2.16. The van der Waals surface area contributed by atoms with E-state index in [1.54, 1.807) is 39.2 Å². The lowest BCUT2D eigenvalue weighted by Crippen LogP contribution is -2.25. The van der Waals surface area contributed by atoms with Gasteiger partial charge in [0.25, 0.3) is 0 Å². The second-order valence-corrected chi connectivity index (χ2v) is 10.8. The molecule has 0 aliphatic carbocycles. The number of likely N-dealkylation sites (tertiary alicyclic amines) is 1. The van der Waals surface area contributed by atoms with E-state index in [4.69, 9.17) is 30.8 Å². The zero-order valence-corrected chi connectivity index (χ0v) is 24.5. The van der Waals surface area contributed by atoms with Crippen LogP contribution in [-0.4, -0.2) is 59.4 Å². The van der Waals surface area contributed by atoms with Crippen molar-refractivity contribution in [1.29, 1.82) is 0 Å². The van der Waals surface area contributed by atoms with Crippen LogP contribution >= 0.6 is 11.6 Å². The Morgan fingerprint density at radius 2 is 1.85 bits per heavy atom. The highest BCUT2D eigenvalue weighted by molar-refractivity contribution is 6.33. The minimum Gasteiger partial charge on any atom is -0.493 e. The van der Waals surface area contributed by atoms with Gasteiger partial charge in [-0.15, -0.1) is 10.2 Å². The maximum atomic E-state index is 12.1. The number of aryl methyl sites for hydroxylation is 1. The van der Waals surface area contributed by atoms with Crippen molar-refractivity contribution in [3.05, 3.63) is 59.1 Å². The van der Waals surface area contributed by atoms with Gasteiger partial charge in [-0.05, 0) is 86.4 Å². The van der Waals surface area contributed by atoms with Crippen LogP contribution in [0.1, 0.15) is 32.3 Å². The molecular weight excluding hydrogens is 542 g/mol. The number of hydrogen-bond acceptors (Lipinski definition) is 9. The molecule has 41 heavy (non-hydrogen) atoms. The number of anilines is 2. The number of carbonyl (C=O) groups is 1. The van der Waals surface area contributed by atoms with Crippen molar-refractivity contribution < 1.29 is 19.0 Å². The van der Waals surface area contributed by atoms with Gasteiger partial charge in [-0.25, -0.2) is 4.98 Å².